The van der Waals surface area contributed by atoms with Crippen molar-refractivity contribution in [3.63, 3.8) is 0 Å². The Morgan fingerprint density at radius 3 is 1.75 bits per heavy atom. The van der Waals surface area contributed by atoms with Crippen LogP contribution in [0.5, 0.6) is 0 Å². The van der Waals surface area contributed by atoms with E-state index in [0.717, 1.165) is 0 Å². The summed E-state index contributed by atoms with van der Waals surface area (Å²) in [6.45, 7) is 2.04. The second-order valence-electron chi connectivity index (χ2n) is 1.82. The first-order valence-corrected chi connectivity index (χ1v) is 5.44. The molecule has 0 amide bonds. The van der Waals surface area contributed by atoms with E-state index in [-0.39, 0.29) is 8.01 Å². The SMILES string of the molecule is CC(N(C)C)[S-](=S)=S. The van der Waals surface area contributed by atoms with Gasteiger partial charge in [-0.3, -0.25) is 22.4 Å². The minimum Gasteiger partial charge on any atom is -0.331 e. The third kappa shape index (κ3) is 2.91. The molecule has 1 unspecified atom stereocenters. The lowest BCUT2D eigenvalue weighted by Gasteiger charge is -2.23. The molecule has 0 aliphatic carbocycles. The third-order valence-electron chi connectivity index (χ3n) is 1.01. The van der Waals surface area contributed by atoms with Crippen LogP contribution in [0.4, 0.5) is 0 Å². The molecular weight excluding hydrogens is 158 g/mol. The predicted molar refractivity (Wildman–Crippen MR) is 45.2 cm³/mol. The second-order valence-corrected chi connectivity index (χ2v) is 5.81. The summed E-state index contributed by atoms with van der Waals surface area (Å²) in [5.74, 6) is 0. The van der Waals surface area contributed by atoms with E-state index in [0.29, 0.717) is 5.37 Å². The zero-order chi connectivity index (χ0) is 6.73. The van der Waals surface area contributed by atoms with Crippen molar-refractivity contribution < 1.29 is 0 Å². The molecule has 0 saturated heterocycles. The van der Waals surface area contributed by atoms with Gasteiger partial charge in [0.05, 0.1) is 0 Å². The lowest BCUT2D eigenvalue weighted by atomic mass is 10.7. The van der Waals surface area contributed by atoms with Crippen LogP contribution >= 0.6 is 0 Å². The van der Waals surface area contributed by atoms with Gasteiger partial charge in [-0.05, 0) is 14.1 Å². The Balaban J connectivity index is 3.83. The first kappa shape index (κ1) is 8.75. The summed E-state index contributed by atoms with van der Waals surface area (Å²) in [5, 5.41) is 0.361. The van der Waals surface area contributed by atoms with Gasteiger partial charge in [-0.1, -0.05) is 12.3 Å². The average Bonchev–Trinajstić information content (AvgIpc) is 1.64. The first-order valence-electron chi connectivity index (χ1n) is 2.30. The molecule has 0 aliphatic heterocycles. The molecule has 0 fully saturated rings. The van der Waals surface area contributed by atoms with Crippen LogP contribution in [0.25, 0.3) is 0 Å². The molecule has 0 spiro atoms. The van der Waals surface area contributed by atoms with Gasteiger partial charge in [0.15, 0.2) is 0 Å². The summed E-state index contributed by atoms with van der Waals surface area (Å²) in [4.78, 5) is 2.04. The third-order valence-corrected chi connectivity index (χ3v) is 3.66. The topological polar surface area (TPSA) is 3.24 Å². The van der Waals surface area contributed by atoms with E-state index in [2.05, 4.69) is 0 Å². The largest absolute Gasteiger partial charge is 0.331 e. The van der Waals surface area contributed by atoms with Crippen molar-refractivity contribution in [1.82, 2.24) is 4.90 Å². The molecule has 0 radical (unpaired) electrons. The smallest absolute Gasteiger partial charge is 0.0154 e. The maximum absolute atomic E-state index is 4.88. The standard InChI is InChI=1S/C4H10NS3/c1-4(5(2)3)8(6)7/h4H,1-3H3/q-1. The van der Waals surface area contributed by atoms with Crippen LogP contribution in [-0.4, -0.2) is 24.4 Å². The van der Waals surface area contributed by atoms with Crippen LogP contribution in [0.2, 0.25) is 0 Å². The van der Waals surface area contributed by atoms with Crippen molar-refractivity contribution in [2.75, 3.05) is 14.1 Å². The van der Waals surface area contributed by atoms with Gasteiger partial charge in [0.1, 0.15) is 0 Å². The van der Waals surface area contributed by atoms with Crippen molar-refractivity contribution in [3.8, 4) is 0 Å². The van der Waals surface area contributed by atoms with E-state index >= 15 is 0 Å². The Morgan fingerprint density at radius 2 is 1.75 bits per heavy atom. The van der Waals surface area contributed by atoms with E-state index in [9.17, 15) is 0 Å². The Morgan fingerprint density at radius 1 is 1.38 bits per heavy atom. The van der Waals surface area contributed by atoms with E-state index in [1.54, 1.807) is 0 Å². The van der Waals surface area contributed by atoms with Crippen LogP contribution in [0, 0.1) is 0 Å². The summed E-state index contributed by atoms with van der Waals surface area (Å²) >= 11 is 9.76. The highest BCUT2D eigenvalue weighted by Gasteiger charge is 1.89. The van der Waals surface area contributed by atoms with Crippen LogP contribution in [0.3, 0.4) is 0 Å². The normalized spacial score (nSPS) is 15.1. The Labute approximate surface area is 61.9 Å². The molecule has 0 N–H and O–H groups in total. The minimum absolute atomic E-state index is 0.298. The summed E-state index contributed by atoms with van der Waals surface area (Å²) < 4.78 is 0. The maximum Gasteiger partial charge on any atom is -0.0154 e. The molecule has 0 aromatic heterocycles. The second kappa shape index (κ2) is 3.71. The predicted octanol–water partition coefficient (Wildman–Crippen LogP) is 0.436. The fourth-order valence-corrected chi connectivity index (χ4v) is 1.55. The maximum atomic E-state index is 4.88. The lowest BCUT2D eigenvalue weighted by molar-refractivity contribution is 0.403. The van der Waals surface area contributed by atoms with Gasteiger partial charge >= 0.3 is 0 Å². The van der Waals surface area contributed by atoms with Crippen molar-refractivity contribution in [2.24, 2.45) is 0 Å². The molecule has 0 aliphatic rings. The van der Waals surface area contributed by atoms with Crippen molar-refractivity contribution >= 4 is 30.4 Å². The van der Waals surface area contributed by atoms with Gasteiger partial charge in [-0.25, -0.2) is 0 Å². The Kier molecular flexibility index (Phi) is 4.06. The minimum atomic E-state index is -0.298. The van der Waals surface area contributed by atoms with Crippen LogP contribution < -0.4 is 0 Å². The van der Waals surface area contributed by atoms with Gasteiger partial charge in [-0.15, -0.1) is 0 Å². The fraction of sp³-hybridized carbons (Fsp3) is 1.00. The van der Waals surface area contributed by atoms with Crippen molar-refractivity contribution in [2.45, 2.75) is 12.3 Å². The Bertz CT molecular complexity index is 119. The molecule has 0 aromatic rings. The van der Waals surface area contributed by atoms with E-state index in [1.807, 2.05) is 25.9 Å². The molecule has 4 heteroatoms. The molecule has 8 heavy (non-hydrogen) atoms. The monoisotopic (exact) mass is 168 g/mol. The summed E-state index contributed by atoms with van der Waals surface area (Å²) in [6.07, 6.45) is 0. The van der Waals surface area contributed by atoms with Gasteiger partial charge in [0.25, 0.3) is 0 Å². The van der Waals surface area contributed by atoms with E-state index in [4.69, 9.17) is 22.4 Å². The molecule has 0 bridgehead atoms. The van der Waals surface area contributed by atoms with Crippen LogP contribution in [-0.2, 0) is 30.4 Å². The van der Waals surface area contributed by atoms with Crippen LogP contribution in [0.15, 0.2) is 0 Å². The lowest BCUT2D eigenvalue weighted by Crippen LogP contribution is -2.24. The highest BCUT2D eigenvalue weighted by atomic mass is 33.1. The van der Waals surface area contributed by atoms with Gasteiger partial charge in [-0.2, -0.15) is 0 Å². The van der Waals surface area contributed by atoms with E-state index < -0.39 is 0 Å². The van der Waals surface area contributed by atoms with Crippen molar-refractivity contribution in [3.05, 3.63) is 0 Å². The average molecular weight is 168 g/mol. The molecule has 1 atom stereocenters. The number of rotatable bonds is 2. The molecule has 50 valence electrons. The zero-order valence-corrected chi connectivity index (χ0v) is 7.70. The fourth-order valence-electron chi connectivity index (χ4n) is 0.172. The van der Waals surface area contributed by atoms with Gasteiger partial charge < -0.3 is 12.9 Å². The molecule has 1 nitrogen and oxygen atoms in total. The van der Waals surface area contributed by atoms with Crippen LogP contribution in [0.1, 0.15) is 6.92 Å². The molecule has 0 rings (SSSR count). The Hall–Kier alpha value is 0.750. The highest BCUT2D eigenvalue weighted by Crippen LogP contribution is 1.90. The molecular formula is C4H10NS3-. The van der Waals surface area contributed by atoms with Gasteiger partial charge in [0.2, 0.25) is 0 Å². The summed E-state index contributed by atoms with van der Waals surface area (Å²) in [5.41, 5.74) is 0. The molecule has 0 saturated carbocycles. The molecule has 0 aromatic carbocycles. The first-order chi connectivity index (χ1) is 3.55. The van der Waals surface area contributed by atoms with Crippen molar-refractivity contribution in [1.29, 1.82) is 0 Å². The van der Waals surface area contributed by atoms with E-state index in [1.165, 1.54) is 0 Å². The number of nitrogens with zero attached hydrogens (tertiary/aromatic N) is 1. The molecule has 0 heterocycles. The quantitative estimate of drug-likeness (QED) is 0.551. The van der Waals surface area contributed by atoms with Gasteiger partial charge in [0, 0.05) is 0 Å². The number of hydrogen-bond donors (Lipinski definition) is 0. The number of hydrogen-bond acceptors (Lipinski definition) is 4. The summed E-state index contributed by atoms with van der Waals surface area (Å²) in [6, 6.07) is 0. The summed E-state index contributed by atoms with van der Waals surface area (Å²) in [7, 11) is 3.68. The highest BCUT2D eigenvalue weighted by molar-refractivity contribution is 8.46. The zero-order valence-electron chi connectivity index (χ0n) is 5.25.